The highest BCUT2D eigenvalue weighted by Gasteiger charge is 2.17. The zero-order chi connectivity index (χ0) is 11.7. The van der Waals surface area contributed by atoms with Crippen LogP contribution in [0.2, 0.25) is 0 Å². The molecule has 4 heteroatoms. The molecule has 0 amide bonds. The first-order valence-corrected chi connectivity index (χ1v) is 5.40. The smallest absolute Gasteiger partial charge is 0.305 e. The molecule has 15 heavy (non-hydrogen) atoms. The SMILES string of the molecule is C=CCC(CC(=O)O)N(O)CCCCC. The summed E-state index contributed by atoms with van der Waals surface area (Å²) in [6, 6.07) is -0.350. The molecule has 0 rings (SSSR count). The summed E-state index contributed by atoms with van der Waals surface area (Å²) in [5.41, 5.74) is 0. The van der Waals surface area contributed by atoms with Gasteiger partial charge < -0.3 is 10.3 Å². The quantitative estimate of drug-likeness (QED) is 0.352. The number of unbranched alkanes of at least 4 members (excludes halogenated alkanes) is 2. The second-order valence-electron chi connectivity index (χ2n) is 3.65. The highest BCUT2D eigenvalue weighted by molar-refractivity contribution is 5.67. The van der Waals surface area contributed by atoms with Crippen LogP contribution < -0.4 is 0 Å². The predicted molar refractivity (Wildman–Crippen MR) is 58.9 cm³/mol. The van der Waals surface area contributed by atoms with Gasteiger partial charge in [0.2, 0.25) is 0 Å². The average molecular weight is 215 g/mol. The molecule has 0 bridgehead atoms. The lowest BCUT2D eigenvalue weighted by atomic mass is 10.1. The first-order valence-electron chi connectivity index (χ1n) is 5.40. The first kappa shape index (κ1) is 14.1. The number of aliphatic carboxylic acids is 1. The van der Waals surface area contributed by atoms with Gasteiger partial charge >= 0.3 is 5.97 Å². The van der Waals surface area contributed by atoms with Crippen molar-refractivity contribution in [1.82, 2.24) is 5.06 Å². The van der Waals surface area contributed by atoms with Crippen LogP contribution in [0.1, 0.15) is 39.0 Å². The Morgan fingerprint density at radius 3 is 2.67 bits per heavy atom. The van der Waals surface area contributed by atoms with Gasteiger partial charge in [0.25, 0.3) is 0 Å². The number of hydrogen-bond acceptors (Lipinski definition) is 3. The molecule has 0 spiro atoms. The molecular weight excluding hydrogens is 194 g/mol. The average Bonchev–Trinajstić information content (AvgIpc) is 2.17. The molecule has 0 aromatic heterocycles. The van der Waals surface area contributed by atoms with Crippen molar-refractivity contribution in [1.29, 1.82) is 0 Å². The Morgan fingerprint density at radius 2 is 2.20 bits per heavy atom. The van der Waals surface area contributed by atoms with Crippen LogP contribution in [0.25, 0.3) is 0 Å². The third-order valence-corrected chi connectivity index (χ3v) is 2.26. The molecule has 0 saturated heterocycles. The monoisotopic (exact) mass is 215 g/mol. The summed E-state index contributed by atoms with van der Waals surface area (Å²) in [7, 11) is 0. The molecule has 0 aromatic carbocycles. The normalized spacial score (nSPS) is 12.7. The van der Waals surface area contributed by atoms with Gasteiger partial charge in [-0.25, -0.2) is 0 Å². The van der Waals surface area contributed by atoms with Gasteiger partial charge in [-0.2, -0.15) is 5.06 Å². The lowest BCUT2D eigenvalue weighted by Crippen LogP contribution is -2.34. The van der Waals surface area contributed by atoms with Crippen LogP contribution in [0.4, 0.5) is 0 Å². The van der Waals surface area contributed by atoms with E-state index in [-0.39, 0.29) is 12.5 Å². The fourth-order valence-electron chi connectivity index (χ4n) is 1.41. The van der Waals surface area contributed by atoms with Crippen molar-refractivity contribution in [3.8, 4) is 0 Å². The van der Waals surface area contributed by atoms with E-state index in [0.717, 1.165) is 24.3 Å². The topological polar surface area (TPSA) is 60.8 Å². The molecule has 0 saturated carbocycles. The summed E-state index contributed by atoms with van der Waals surface area (Å²) in [4.78, 5) is 10.5. The summed E-state index contributed by atoms with van der Waals surface area (Å²) in [5.74, 6) is -0.892. The number of carboxylic acid groups (broad SMARTS) is 1. The Labute approximate surface area is 91.2 Å². The van der Waals surface area contributed by atoms with Gasteiger partial charge in [-0.3, -0.25) is 4.79 Å². The second-order valence-corrected chi connectivity index (χ2v) is 3.65. The summed E-state index contributed by atoms with van der Waals surface area (Å²) in [6.45, 7) is 6.17. The van der Waals surface area contributed by atoms with Gasteiger partial charge in [-0.15, -0.1) is 6.58 Å². The predicted octanol–water partition coefficient (Wildman–Crippen LogP) is 2.29. The maximum atomic E-state index is 10.5. The minimum atomic E-state index is -0.892. The van der Waals surface area contributed by atoms with Crippen LogP contribution in [-0.4, -0.2) is 33.9 Å². The van der Waals surface area contributed by atoms with E-state index >= 15 is 0 Å². The van der Waals surface area contributed by atoms with Crippen molar-refractivity contribution in [2.24, 2.45) is 0 Å². The minimum absolute atomic E-state index is 0.0470. The molecule has 0 heterocycles. The van der Waals surface area contributed by atoms with Crippen LogP contribution in [-0.2, 0) is 4.79 Å². The van der Waals surface area contributed by atoms with E-state index in [1.165, 1.54) is 0 Å². The highest BCUT2D eigenvalue weighted by Crippen LogP contribution is 2.09. The number of hydroxylamine groups is 2. The standard InChI is InChI=1S/C11H21NO3/c1-3-5-6-8-12(15)10(7-4-2)9-11(13)14/h4,10,15H,2-3,5-9H2,1H3,(H,13,14). The third kappa shape index (κ3) is 7.11. The van der Waals surface area contributed by atoms with Gasteiger partial charge in [0.1, 0.15) is 0 Å². The van der Waals surface area contributed by atoms with Crippen molar-refractivity contribution in [3.05, 3.63) is 12.7 Å². The Bertz CT molecular complexity index is 194. The van der Waals surface area contributed by atoms with Crippen LogP contribution in [0, 0.1) is 0 Å². The molecule has 2 N–H and O–H groups in total. The number of carbonyl (C=O) groups is 1. The summed E-state index contributed by atoms with van der Waals surface area (Å²) >= 11 is 0. The van der Waals surface area contributed by atoms with Gasteiger partial charge in [-0.05, 0) is 12.8 Å². The fraction of sp³-hybridized carbons (Fsp3) is 0.727. The lowest BCUT2D eigenvalue weighted by molar-refractivity contribution is -0.152. The lowest BCUT2D eigenvalue weighted by Gasteiger charge is -2.23. The molecule has 0 fully saturated rings. The number of carboxylic acids is 1. The first-order chi connectivity index (χ1) is 7.11. The molecule has 0 radical (unpaired) electrons. The minimum Gasteiger partial charge on any atom is -0.481 e. The Balaban J connectivity index is 3.97. The highest BCUT2D eigenvalue weighted by atomic mass is 16.5. The van der Waals surface area contributed by atoms with E-state index in [9.17, 15) is 10.0 Å². The zero-order valence-electron chi connectivity index (χ0n) is 9.35. The van der Waals surface area contributed by atoms with E-state index in [2.05, 4.69) is 13.5 Å². The zero-order valence-corrected chi connectivity index (χ0v) is 9.35. The molecule has 0 aliphatic carbocycles. The molecule has 1 atom stereocenters. The van der Waals surface area contributed by atoms with Gasteiger partial charge in [-0.1, -0.05) is 25.8 Å². The van der Waals surface area contributed by atoms with E-state index in [1.807, 2.05) is 0 Å². The van der Waals surface area contributed by atoms with E-state index in [1.54, 1.807) is 6.08 Å². The van der Waals surface area contributed by atoms with Crippen LogP contribution >= 0.6 is 0 Å². The van der Waals surface area contributed by atoms with Crippen LogP contribution in [0.5, 0.6) is 0 Å². The largest absolute Gasteiger partial charge is 0.481 e. The van der Waals surface area contributed by atoms with Gasteiger partial charge in [0.05, 0.1) is 6.42 Å². The van der Waals surface area contributed by atoms with Crippen LogP contribution in [0.3, 0.4) is 0 Å². The number of nitrogens with zero attached hydrogens (tertiary/aromatic N) is 1. The molecule has 88 valence electrons. The second kappa shape index (κ2) is 8.44. The van der Waals surface area contributed by atoms with Crippen molar-refractivity contribution in [3.63, 3.8) is 0 Å². The molecule has 0 aliphatic rings. The maximum Gasteiger partial charge on any atom is 0.305 e. The van der Waals surface area contributed by atoms with Crippen molar-refractivity contribution in [2.75, 3.05) is 6.54 Å². The fourth-order valence-corrected chi connectivity index (χ4v) is 1.41. The summed E-state index contributed by atoms with van der Waals surface area (Å²) in [5, 5.41) is 19.4. The number of rotatable bonds is 9. The summed E-state index contributed by atoms with van der Waals surface area (Å²) < 4.78 is 0. The van der Waals surface area contributed by atoms with Crippen LogP contribution in [0.15, 0.2) is 12.7 Å². The summed E-state index contributed by atoms with van der Waals surface area (Å²) in [6.07, 6.45) is 5.10. The van der Waals surface area contributed by atoms with Gasteiger partial charge in [0, 0.05) is 12.6 Å². The Kier molecular flexibility index (Phi) is 7.95. The van der Waals surface area contributed by atoms with Crippen molar-refractivity contribution in [2.45, 2.75) is 45.1 Å². The molecule has 1 unspecified atom stereocenters. The molecule has 0 aromatic rings. The maximum absolute atomic E-state index is 10.5. The third-order valence-electron chi connectivity index (χ3n) is 2.26. The van der Waals surface area contributed by atoms with Crippen molar-refractivity contribution >= 4 is 5.97 Å². The van der Waals surface area contributed by atoms with Crippen molar-refractivity contribution < 1.29 is 15.1 Å². The van der Waals surface area contributed by atoms with E-state index < -0.39 is 5.97 Å². The molecule has 0 aliphatic heterocycles. The number of hydrogen-bond donors (Lipinski definition) is 2. The molecular formula is C11H21NO3. The van der Waals surface area contributed by atoms with E-state index in [0.29, 0.717) is 13.0 Å². The Morgan fingerprint density at radius 1 is 1.53 bits per heavy atom. The molecule has 4 nitrogen and oxygen atoms in total. The Hall–Kier alpha value is -0.870. The van der Waals surface area contributed by atoms with Gasteiger partial charge in [0.15, 0.2) is 0 Å². The van der Waals surface area contributed by atoms with E-state index in [4.69, 9.17) is 5.11 Å².